The van der Waals surface area contributed by atoms with Crippen molar-refractivity contribution in [1.82, 2.24) is 23.9 Å². The molecule has 2 aliphatic heterocycles. The van der Waals surface area contributed by atoms with E-state index < -0.39 is 10.0 Å². The molecule has 8 nitrogen and oxygen atoms in total. The molecule has 0 unspecified atom stereocenters. The number of hydrogen-bond acceptors (Lipinski definition) is 6. The van der Waals surface area contributed by atoms with Gasteiger partial charge < -0.3 is 9.64 Å². The molecule has 29 heavy (non-hydrogen) atoms. The van der Waals surface area contributed by atoms with Crippen LogP contribution in [0.5, 0.6) is 0 Å². The Morgan fingerprint density at radius 3 is 2.28 bits per heavy atom. The zero-order valence-electron chi connectivity index (χ0n) is 18.0. The molecule has 0 saturated carbocycles. The Morgan fingerprint density at radius 2 is 1.69 bits per heavy atom. The molecule has 1 aromatic rings. The standard InChI is InChI=1S/C20H33N5O3S/c1-17-20(18(2)23(4)21-17)29(26,27)25-10-7-19(8-11-25)28-16-6-5-9-24-14-12-22(3)13-15-24/h19H,7-16H2,1-4H3. The minimum absolute atomic E-state index is 0.0653. The van der Waals surface area contributed by atoms with Gasteiger partial charge in [-0.3, -0.25) is 9.58 Å². The number of rotatable bonds is 5. The van der Waals surface area contributed by atoms with Crippen LogP contribution in [-0.4, -0.2) is 97.9 Å². The van der Waals surface area contributed by atoms with Crippen LogP contribution in [0.2, 0.25) is 0 Å². The number of aryl methyl sites for hydroxylation is 2. The number of piperidine rings is 1. The van der Waals surface area contributed by atoms with Crippen LogP contribution in [0.1, 0.15) is 24.2 Å². The minimum atomic E-state index is -3.51. The second kappa shape index (κ2) is 9.58. The minimum Gasteiger partial charge on any atom is -0.365 e. The van der Waals surface area contributed by atoms with Crippen molar-refractivity contribution in [2.45, 2.75) is 37.7 Å². The van der Waals surface area contributed by atoms with E-state index in [1.807, 2.05) is 0 Å². The molecule has 3 rings (SSSR count). The number of ether oxygens (including phenoxy) is 1. The van der Waals surface area contributed by atoms with Crippen molar-refractivity contribution in [1.29, 1.82) is 0 Å². The molecule has 9 heteroatoms. The maximum Gasteiger partial charge on any atom is 0.246 e. The molecule has 162 valence electrons. The highest BCUT2D eigenvalue weighted by atomic mass is 32.2. The lowest BCUT2D eigenvalue weighted by atomic mass is 10.1. The van der Waals surface area contributed by atoms with Crippen LogP contribution < -0.4 is 0 Å². The van der Waals surface area contributed by atoms with Crippen molar-refractivity contribution in [3.63, 3.8) is 0 Å². The number of sulfonamides is 1. The first-order valence-corrected chi connectivity index (χ1v) is 11.7. The molecular weight excluding hydrogens is 390 g/mol. The lowest BCUT2D eigenvalue weighted by Gasteiger charge is -2.31. The second-order valence-electron chi connectivity index (χ2n) is 7.97. The Hall–Kier alpha value is -1.44. The van der Waals surface area contributed by atoms with Crippen LogP contribution in [0, 0.1) is 25.7 Å². The summed E-state index contributed by atoms with van der Waals surface area (Å²) in [4.78, 5) is 5.03. The quantitative estimate of drug-likeness (QED) is 0.641. The van der Waals surface area contributed by atoms with E-state index >= 15 is 0 Å². The first-order valence-electron chi connectivity index (χ1n) is 10.3. The van der Waals surface area contributed by atoms with Crippen LogP contribution in [0.15, 0.2) is 4.90 Å². The van der Waals surface area contributed by atoms with Crippen molar-refractivity contribution in [3.05, 3.63) is 11.4 Å². The summed E-state index contributed by atoms with van der Waals surface area (Å²) < 4.78 is 35.1. The van der Waals surface area contributed by atoms with E-state index in [2.05, 4.69) is 33.8 Å². The molecule has 0 amide bonds. The molecule has 2 saturated heterocycles. The highest BCUT2D eigenvalue weighted by molar-refractivity contribution is 7.89. The SMILES string of the molecule is Cc1nn(C)c(C)c1S(=O)(=O)N1CCC(OCC#CCN2CCN(C)CC2)CC1. The summed E-state index contributed by atoms with van der Waals surface area (Å²) in [7, 11) is 0.401. The Bertz CT molecular complexity index is 855. The smallest absolute Gasteiger partial charge is 0.246 e. The molecule has 2 aliphatic rings. The molecule has 0 aromatic carbocycles. The van der Waals surface area contributed by atoms with Gasteiger partial charge in [0.25, 0.3) is 0 Å². The van der Waals surface area contributed by atoms with Gasteiger partial charge in [0.15, 0.2) is 0 Å². The fourth-order valence-corrected chi connectivity index (χ4v) is 5.75. The van der Waals surface area contributed by atoms with E-state index in [-0.39, 0.29) is 6.10 Å². The summed E-state index contributed by atoms with van der Waals surface area (Å²) in [6.07, 6.45) is 1.45. The highest BCUT2D eigenvalue weighted by Gasteiger charge is 2.33. The van der Waals surface area contributed by atoms with Crippen LogP contribution in [-0.2, 0) is 21.8 Å². The van der Waals surface area contributed by atoms with Crippen molar-refractivity contribution < 1.29 is 13.2 Å². The molecule has 2 fully saturated rings. The Morgan fingerprint density at radius 1 is 1.03 bits per heavy atom. The maximum atomic E-state index is 13.0. The Labute approximate surface area is 174 Å². The third kappa shape index (κ3) is 5.38. The molecule has 0 atom stereocenters. The largest absolute Gasteiger partial charge is 0.365 e. The van der Waals surface area contributed by atoms with Gasteiger partial charge in [0.1, 0.15) is 11.5 Å². The van der Waals surface area contributed by atoms with E-state index in [1.54, 1.807) is 29.9 Å². The van der Waals surface area contributed by atoms with Gasteiger partial charge in [-0.05, 0) is 33.7 Å². The van der Waals surface area contributed by atoms with Gasteiger partial charge in [0, 0.05) is 46.3 Å². The summed E-state index contributed by atoms with van der Waals surface area (Å²) in [5, 5.41) is 4.25. The van der Waals surface area contributed by atoms with E-state index in [4.69, 9.17) is 4.74 Å². The molecule has 0 spiro atoms. The number of likely N-dealkylation sites (N-methyl/N-ethyl adjacent to an activating group) is 1. The van der Waals surface area contributed by atoms with Gasteiger partial charge in [-0.1, -0.05) is 11.8 Å². The van der Waals surface area contributed by atoms with Gasteiger partial charge >= 0.3 is 0 Å². The maximum absolute atomic E-state index is 13.0. The summed E-state index contributed by atoms with van der Waals surface area (Å²) in [6, 6.07) is 0. The number of aromatic nitrogens is 2. The van der Waals surface area contributed by atoms with E-state index in [9.17, 15) is 8.42 Å². The third-order valence-corrected chi connectivity index (χ3v) is 8.01. The molecule has 0 N–H and O–H groups in total. The molecular formula is C20H33N5O3S. The lowest BCUT2D eigenvalue weighted by molar-refractivity contribution is 0.0408. The van der Waals surface area contributed by atoms with Gasteiger partial charge in [0.2, 0.25) is 10.0 Å². The molecule has 1 aromatic heterocycles. The molecule has 0 bridgehead atoms. The van der Waals surface area contributed by atoms with Gasteiger partial charge in [-0.25, -0.2) is 8.42 Å². The predicted molar refractivity (Wildman–Crippen MR) is 112 cm³/mol. The molecule has 3 heterocycles. The first-order chi connectivity index (χ1) is 13.8. The first kappa shape index (κ1) is 22.2. The van der Waals surface area contributed by atoms with Crippen LogP contribution in [0.25, 0.3) is 0 Å². The summed E-state index contributed by atoms with van der Waals surface area (Å²) in [5.41, 5.74) is 1.23. The Balaban J connectivity index is 1.43. The Kier molecular flexibility index (Phi) is 7.35. The van der Waals surface area contributed by atoms with Crippen LogP contribution in [0.3, 0.4) is 0 Å². The van der Waals surface area contributed by atoms with E-state index in [0.29, 0.717) is 48.8 Å². The van der Waals surface area contributed by atoms with Gasteiger partial charge in [-0.2, -0.15) is 9.40 Å². The molecule has 0 radical (unpaired) electrons. The number of hydrogen-bond donors (Lipinski definition) is 0. The number of piperazine rings is 1. The lowest BCUT2D eigenvalue weighted by Crippen LogP contribution is -2.44. The van der Waals surface area contributed by atoms with Crippen LogP contribution in [0.4, 0.5) is 0 Å². The van der Waals surface area contributed by atoms with Crippen molar-refractivity contribution >= 4 is 10.0 Å². The van der Waals surface area contributed by atoms with Gasteiger partial charge in [-0.15, -0.1) is 0 Å². The van der Waals surface area contributed by atoms with Gasteiger partial charge in [0.05, 0.1) is 24.0 Å². The average molecular weight is 424 g/mol. The summed E-state index contributed by atoms with van der Waals surface area (Å²) in [6.45, 7) is 9.99. The summed E-state index contributed by atoms with van der Waals surface area (Å²) >= 11 is 0. The highest BCUT2D eigenvalue weighted by Crippen LogP contribution is 2.26. The van der Waals surface area contributed by atoms with Crippen molar-refractivity contribution in [3.8, 4) is 11.8 Å². The third-order valence-electron chi connectivity index (χ3n) is 5.86. The predicted octanol–water partition coefficient (Wildman–Crippen LogP) is 0.457. The fourth-order valence-electron chi connectivity index (χ4n) is 3.88. The second-order valence-corrected chi connectivity index (χ2v) is 9.85. The fraction of sp³-hybridized carbons (Fsp3) is 0.750. The monoisotopic (exact) mass is 423 g/mol. The summed E-state index contributed by atoms with van der Waals surface area (Å²) in [5.74, 6) is 6.30. The molecule has 0 aliphatic carbocycles. The van der Waals surface area contributed by atoms with E-state index in [1.165, 1.54) is 0 Å². The van der Waals surface area contributed by atoms with Crippen LogP contribution >= 0.6 is 0 Å². The normalized spacial score (nSPS) is 20.6. The zero-order chi connectivity index (χ0) is 21.0. The van der Waals surface area contributed by atoms with Crippen molar-refractivity contribution in [2.75, 3.05) is 59.5 Å². The van der Waals surface area contributed by atoms with E-state index in [0.717, 1.165) is 32.7 Å². The number of nitrogens with zero attached hydrogens (tertiary/aromatic N) is 5. The topological polar surface area (TPSA) is 70.9 Å². The van der Waals surface area contributed by atoms with Crippen molar-refractivity contribution in [2.24, 2.45) is 7.05 Å². The average Bonchev–Trinajstić information content (AvgIpc) is 2.95. The zero-order valence-corrected chi connectivity index (χ0v) is 18.8.